The molecule has 3 rings (SSSR count). The Bertz CT molecular complexity index is 1450. The molecule has 0 radical (unpaired) electrons. The van der Waals surface area contributed by atoms with Gasteiger partial charge in [-0.3, -0.25) is 29.3 Å². The fraction of sp³-hybridized carbons (Fsp3) is 0.207. The van der Waals surface area contributed by atoms with E-state index in [4.69, 9.17) is 14.2 Å². The number of ketones is 2. The molecule has 0 saturated carbocycles. The third-order valence-electron chi connectivity index (χ3n) is 5.66. The van der Waals surface area contributed by atoms with E-state index in [0.717, 1.165) is 6.07 Å². The second kappa shape index (κ2) is 14.7. The van der Waals surface area contributed by atoms with E-state index >= 15 is 0 Å². The molecule has 0 atom stereocenters. The second-order valence-electron chi connectivity index (χ2n) is 8.60. The summed E-state index contributed by atoms with van der Waals surface area (Å²) in [6.07, 6.45) is 0.155. The van der Waals surface area contributed by atoms with E-state index in [-0.39, 0.29) is 47.8 Å². The maximum atomic E-state index is 12.3. The number of anilines is 1. The maximum absolute atomic E-state index is 12.3. The van der Waals surface area contributed by atoms with Crippen LogP contribution < -0.4 is 10.1 Å². The minimum atomic E-state index is -0.787. The quantitative estimate of drug-likeness (QED) is 0.130. The summed E-state index contributed by atoms with van der Waals surface area (Å²) in [6, 6.07) is 17.3. The number of rotatable bonds is 14. The van der Waals surface area contributed by atoms with E-state index in [1.165, 1.54) is 49.6 Å². The highest BCUT2D eigenvalue weighted by atomic mass is 16.6. The SMILES string of the molecule is COc1cccc(C(=O)COC(=O)CCCC(=O)Nc2ccc(C(=O)OCC(=O)c3cccc([N+](=O)[O-])c3)cc2)c1. The highest BCUT2D eigenvalue weighted by molar-refractivity contribution is 6.00. The first-order chi connectivity index (χ1) is 19.7. The summed E-state index contributed by atoms with van der Waals surface area (Å²) in [6.45, 7) is -1.02. The molecule has 41 heavy (non-hydrogen) atoms. The first-order valence-electron chi connectivity index (χ1n) is 12.3. The minimum Gasteiger partial charge on any atom is -0.497 e. The molecule has 3 aromatic carbocycles. The second-order valence-corrected chi connectivity index (χ2v) is 8.60. The van der Waals surface area contributed by atoms with Crippen molar-refractivity contribution in [1.82, 2.24) is 0 Å². The van der Waals surface area contributed by atoms with Crippen LogP contribution in [0.2, 0.25) is 0 Å². The number of esters is 2. The molecule has 12 nitrogen and oxygen atoms in total. The smallest absolute Gasteiger partial charge is 0.338 e. The summed E-state index contributed by atoms with van der Waals surface area (Å²) in [5.41, 5.74) is 0.660. The number of nitro groups is 1. The number of nitrogens with one attached hydrogen (secondary N) is 1. The van der Waals surface area contributed by atoms with Crippen LogP contribution in [-0.4, -0.2) is 54.7 Å². The number of hydrogen-bond donors (Lipinski definition) is 1. The molecule has 0 aliphatic rings. The van der Waals surface area contributed by atoms with Gasteiger partial charge in [-0.05, 0) is 42.8 Å². The normalized spacial score (nSPS) is 10.3. The van der Waals surface area contributed by atoms with Crippen LogP contribution in [0.3, 0.4) is 0 Å². The van der Waals surface area contributed by atoms with Crippen molar-refractivity contribution in [2.75, 3.05) is 25.6 Å². The number of amides is 1. The van der Waals surface area contributed by atoms with Crippen molar-refractivity contribution in [2.24, 2.45) is 0 Å². The van der Waals surface area contributed by atoms with E-state index in [0.29, 0.717) is 17.0 Å². The monoisotopic (exact) mass is 562 g/mol. The van der Waals surface area contributed by atoms with Crippen molar-refractivity contribution >= 4 is 40.8 Å². The summed E-state index contributed by atoms with van der Waals surface area (Å²) in [5, 5.41) is 13.5. The number of ether oxygens (including phenoxy) is 3. The van der Waals surface area contributed by atoms with Crippen LogP contribution in [0.1, 0.15) is 50.3 Å². The molecule has 0 saturated heterocycles. The number of carbonyl (C=O) groups is 5. The largest absolute Gasteiger partial charge is 0.497 e. The summed E-state index contributed by atoms with van der Waals surface area (Å²) < 4.78 is 15.0. The van der Waals surface area contributed by atoms with Crippen LogP contribution in [0.25, 0.3) is 0 Å². The first-order valence-corrected chi connectivity index (χ1v) is 12.3. The van der Waals surface area contributed by atoms with Gasteiger partial charge >= 0.3 is 11.9 Å². The predicted molar refractivity (Wildman–Crippen MR) is 145 cm³/mol. The minimum absolute atomic E-state index is 0.0164. The Morgan fingerprint density at radius 2 is 1.41 bits per heavy atom. The lowest BCUT2D eigenvalue weighted by Gasteiger charge is -2.08. The van der Waals surface area contributed by atoms with Crippen LogP contribution in [-0.2, 0) is 19.1 Å². The van der Waals surface area contributed by atoms with Gasteiger partial charge in [-0.1, -0.05) is 24.3 Å². The van der Waals surface area contributed by atoms with Gasteiger partial charge in [0.15, 0.2) is 19.0 Å². The van der Waals surface area contributed by atoms with E-state index in [1.54, 1.807) is 24.3 Å². The number of nitro benzene ring substituents is 1. The molecule has 0 spiro atoms. The molecule has 3 aromatic rings. The van der Waals surface area contributed by atoms with Crippen LogP contribution in [0.15, 0.2) is 72.8 Å². The van der Waals surface area contributed by atoms with Crippen molar-refractivity contribution in [3.8, 4) is 5.75 Å². The zero-order valence-corrected chi connectivity index (χ0v) is 22.0. The molecule has 0 fully saturated rings. The Kier molecular flexibility index (Phi) is 10.8. The van der Waals surface area contributed by atoms with Gasteiger partial charge in [-0.15, -0.1) is 0 Å². The number of non-ortho nitro benzene ring substituents is 1. The van der Waals surface area contributed by atoms with Crippen LogP contribution in [0.4, 0.5) is 11.4 Å². The Hall–Kier alpha value is -5.39. The number of carbonyl (C=O) groups excluding carboxylic acids is 5. The highest BCUT2D eigenvalue weighted by Gasteiger charge is 2.15. The standard InChI is InChI=1S/C29H26N2O10/c1-39-24-8-3-6-21(16-24)25(32)17-40-28(35)10-4-9-27(34)30-22-13-11-19(12-14-22)29(36)41-18-26(33)20-5-2-7-23(15-20)31(37)38/h2-3,5-8,11-16H,4,9-10,17-18H2,1H3,(H,30,34). The number of methoxy groups -OCH3 is 1. The summed E-state index contributed by atoms with van der Waals surface area (Å²) in [7, 11) is 1.48. The number of nitrogens with zero attached hydrogens (tertiary/aromatic N) is 1. The molecular weight excluding hydrogens is 536 g/mol. The molecule has 12 heteroatoms. The van der Waals surface area contributed by atoms with Gasteiger partial charge in [0.05, 0.1) is 17.6 Å². The fourth-order valence-corrected chi connectivity index (χ4v) is 3.50. The first kappa shape index (κ1) is 30.2. The van der Waals surface area contributed by atoms with Gasteiger partial charge in [0, 0.05) is 41.8 Å². The molecule has 0 aromatic heterocycles. The molecule has 1 N–H and O–H groups in total. The number of benzene rings is 3. The van der Waals surface area contributed by atoms with Crippen molar-refractivity contribution in [1.29, 1.82) is 0 Å². The maximum Gasteiger partial charge on any atom is 0.338 e. The van der Waals surface area contributed by atoms with Crippen LogP contribution >= 0.6 is 0 Å². The average Bonchev–Trinajstić information content (AvgIpc) is 2.98. The van der Waals surface area contributed by atoms with Gasteiger partial charge in [-0.2, -0.15) is 0 Å². The predicted octanol–water partition coefficient (Wildman–Crippen LogP) is 4.18. The molecule has 212 valence electrons. The lowest BCUT2D eigenvalue weighted by Crippen LogP contribution is -2.16. The molecule has 0 aliphatic heterocycles. The molecule has 0 heterocycles. The van der Waals surface area contributed by atoms with Crippen molar-refractivity contribution < 1.29 is 43.1 Å². The van der Waals surface area contributed by atoms with Gasteiger partial charge in [0.2, 0.25) is 11.7 Å². The topological polar surface area (TPSA) is 168 Å². The van der Waals surface area contributed by atoms with E-state index in [9.17, 15) is 34.1 Å². The molecule has 0 bridgehead atoms. The fourth-order valence-electron chi connectivity index (χ4n) is 3.50. The highest BCUT2D eigenvalue weighted by Crippen LogP contribution is 2.16. The van der Waals surface area contributed by atoms with E-state index < -0.39 is 35.9 Å². The Morgan fingerprint density at radius 1 is 0.780 bits per heavy atom. The van der Waals surface area contributed by atoms with Gasteiger partial charge in [0.1, 0.15) is 5.75 Å². The Balaban J connectivity index is 1.37. The molecule has 0 unspecified atom stereocenters. The van der Waals surface area contributed by atoms with Gasteiger partial charge in [-0.25, -0.2) is 4.79 Å². The molecule has 1 amide bonds. The lowest BCUT2D eigenvalue weighted by molar-refractivity contribution is -0.384. The average molecular weight is 563 g/mol. The molecular formula is C29H26N2O10. The Morgan fingerprint density at radius 3 is 2.07 bits per heavy atom. The zero-order chi connectivity index (χ0) is 29.8. The van der Waals surface area contributed by atoms with Gasteiger partial charge in [0.25, 0.3) is 5.69 Å². The van der Waals surface area contributed by atoms with Crippen molar-refractivity contribution in [2.45, 2.75) is 19.3 Å². The molecule has 0 aliphatic carbocycles. The summed E-state index contributed by atoms with van der Waals surface area (Å²) in [4.78, 5) is 71.0. The number of Topliss-reactive ketones (excluding diaryl/α,β-unsaturated/α-hetero) is 2. The summed E-state index contributed by atoms with van der Waals surface area (Å²) in [5.74, 6) is -2.24. The van der Waals surface area contributed by atoms with Gasteiger partial charge < -0.3 is 19.5 Å². The third-order valence-corrected chi connectivity index (χ3v) is 5.66. The Labute approximate surface area is 234 Å². The van der Waals surface area contributed by atoms with Crippen molar-refractivity contribution in [3.05, 3.63) is 99.6 Å². The van der Waals surface area contributed by atoms with E-state index in [2.05, 4.69) is 5.32 Å². The van der Waals surface area contributed by atoms with Crippen LogP contribution in [0.5, 0.6) is 5.75 Å². The lowest BCUT2D eigenvalue weighted by atomic mass is 10.1. The third kappa shape index (κ3) is 9.39. The zero-order valence-electron chi connectivity index (χ0n) is 22.0. The van der Waals surface area contributed by atoms with Crippen LogP contribution in [0, 0.1) is 10.1 Å². The van der Waals surface area contributed by atoms with Crippen molar-refractivity contribution in [3.63, 3.8) is 0 Å². The van der Waals surface area contributed by atoms with E-state index in [1.807, 2.05) is 0 Å². The summed E-state index contributed by atoms with van der Waals surface area (Å²) >= 11 is 0. The number of hydrogen-bond acceptors (Lipinski definition) is 10.